The second kappa shape index (κ2) is 8.81. The first-order chi connectivity index (χ1) is 11.9. The van der Waals surface area contributed by atoms with E-state index in [2.05, 4.69) is 22.4 Å². The predicted molar refractivity (Wildman–Crippen MR) is 112 cm³/mol. The fourth-order valence-electron chi connectivity index (χ4n) is 2.88. The van der Waals surface area contributed by atoms with Crippen LogP contribution in [0, 0.1) is 5.82 Å². The van der Waals surface area contributed by atoms with Crippen LogP contribution in [-0.2, 0) is 22.7 Å². The van der Waals surface area contributed by atoms with Crippen molar-refractivity contribution in [2.24, 2.45) is 10.7 Å². The molecule has 0 spiro atoms. The highest BCUT2D eigenvalue weighted by molar-refractivity contribution is 14.0. The topological polar surface area (TPSA) is 84.5 Å². The van der Waals surface area contributed by atoms with Crippen LogP contribution >= 0.6 is 24.0 Å². The molecule has 0 saturated heterocycles. The SMILES string of the molecule is I.NC(=NCCS(=O)(=O)c1ccc(F)cc1)Nc1ccc2c(c1)CCC2. The van der Waals surface area contributed by atoms with Crippen LogP contribution in [-0.4, -0.2) is 26.7 Å². The number of nitrogens with zero attached hydrogens (tertiary/aromatic N) is 1. The Balaban J connectivity index is 0.00000243. The number of nitrogens with two attached hydrogens (primary N) is 1. The Morgan fingerprint density at radius 3 is 2.54 bits per heavy atom. The lowest BCUT2D eigenvalue weighted by Gasteiger charge is -2.08. The normalized spacial score (nSPS) is 13.8. The number of halogens is 2. The minimum atomic E-state index is -3.51. The molecule has 0 aromatic heterocycles. The molecular formula is C18H21FIN3O2S. The molecule has 26 heavy (non-hydrogen) atoms. The van der Waals surface area contributed by atoms with Gasteiger partial charge < -0.3 is 11.1 Å². The van der Waals surface area contributed by atoms with E-state index in [0.717, 1.165) is 30.7 Å². The molecule has 3 N–H and O–H groups in total. The molecule has 0 atom stereocenters. The number of hydrogen-bond donors (Lipinski definition) is 2. The van der Waals surface area contributed by atoms with Crippen LogP contribution in [0.1, 0.15) is 17.5 Å². The quantitative estimate of drug-likeness (QED) is 0.293. The number of anilines is 1. The second-order valence-electron chi connectivity index (χ2n) is 6.00. The van der Waals surface area contributed by atoms with Gasteiger partial charge in [0.25, 0.3) is 0 Å². The van der Waals surface area contributed by atoms with Gasteiger partial charge in [-0.05, 0) is 66.8 Å². The van der Waals surface area contributed by atoms with Crippen molar-refractivity contribution in [1.82, 2.24) is 0 Å². The number of sulfone groups is 1. The maximum atomic E-state index is 12.9. The van der Waals surface area contributed by atoms with E-state index in [1.165, 1.54) is 29.7 Å². The summed E-state index contributed by atoms with van der Waals surface area (Å²) in [5.41, 5.74) is 9.37. The van der Waals surface area contributed by atoms with Gasteiger partial charge in [-0.15, -0.1) is 24.0 Å². The van der Waals surface area contributed by atoms with Gasteiger partial charge in [-0.25, -0.2) is 12.8 Å². The molecule has 0 aliphatic heterocycles. The van der Waals surface area contributed by atoms with Gasteiger partial charge in [0.05, 0.1) is 17.2 Å². The number of nitrogens with one attached hydrogen (secondary N) is 1. The molecule has 5 nitrogen and oxygen atoms in total. The van der Waals surface area contributed by atoms with Gasteiger partial charge in [-0.1, -0.05) is 6.07 Å². The van der Waals surface area contributed by atoms with E-state index >= 15 is 0 Å². The maximum absolute atomic E-state index is 12.9. The van der Waals surface area contributed by atoms with Gasteiger partial charge >= 0.3 is 0 Å². The Morgan fingerprint density at radius 2 is 1.81 bits per heavy atom. The van der Waals surface area contributed by atoms with Crippen molar-refractivity contribution in [3.8, 4) is 0 Å². The summed E-state index contributed by atoms with van der Waals surface area (Å²) in [6, 6.07) is 10.8. The Morgan fingerprint density at radius 1 is 1.12 bits per heavy atom. The third-order valence-electron chi connectivity index (χ3n) is 4.19. The van der Waals surface area contributed by atoms with E-state index in [4.69, 9.17) is 5.73 Å². The molecule has 0 unspecified atom stereocenters. The van der Waals surface area contributed by atoms with Crippen molar-refractivity contribution in [3.05, 3.63) is 59.4 Å². The second-order valence-corrected chi connectivity index (χ2v) is 8.11. The van der Waals surface area contributed by atoms with Gasteiger partial charge in [0, 0.05) is 5.69 Å². The Bertz CT molecular complexity index is 899. The van der Waals surface area contributed by atoms with E-state index in [-0.39, 0.29) is 47.1 Å². The van der Waals surface area contributed by atoms with Crippen molar-refractivity contribution in [2.75, 3.05) is 17.6 Å². The van der Waals surface area contributed by atoms with Crippen molar-refractivity contribution < 1.29 is 12.8 Å². The minimum Gasteiger partial charge on any atom is -0.370 e. The van der Waals surface area contributed by atoms with E-state index < -0.39 is 15.7 Å². The highest BCUT2D eigenvalue weighted by atomic mass is 127. The third-order valence-corrected chi connectivity index (χ3v) is 5.90. The molecule has 0 amide bonds. The minimum absolute atomic E-state index is 0. The van der Waals surface area contributed by atoms with Gasteiger partial charge in [-0.2, -0.15) is 0 Å². The van der Waals surface area contributed by atoms with Crippen LogP contribution < -0.4 is 11.1 Å². The van der Waals surface area contributed by atoms with Crippen molar-refractivity contribution in [3.63, 3.8) is 0 Å². The highest BCUT2D eigenvalue weighted by Gasteiger charge is 2.14. The molecule has 140 valence electrons. The summed E-state index contributed by atoms with van der Waals surface area (Å²) in [6.45, 7) is 0.0312. The molecule has 0 bridgehead atoms. The van der Waals surface area contributed by atoms with Crippen LogP contribution in [0.4, 0.5) is 10.1 Å². The first-order valence-corrected chi connectivity index (χ1v) is 9.76. The smallest absolute Gasteiger partial charge is 0.193 e. The summed E-state index contributed by atoms with van der Waals surface area (Å²) in [7, 11) is -3.51. The van der Waals surface area contributed by atoms with Crippen LogP contribution in [0.15, 0.2) is 52.4 Å². The standard InChI is InChI=1S/C18H20FN3O2S.HI/c19-15-5-8-17(9-6-15)25(23,24)11-10-21-18(20)22-16-7-4-13-2-1-3-14(13)12-16;/h4-9,12H,1-3,10-11H2,(H3,20,21,22);1H. The molecule has 0 heterocycles. The average molecular weight is 489 g/mol. The largest absolute Gasteiger partial charge is 0.370 e. The summed E-state index contributed by atoms with van der Waals surface area (Å²) in [4.78, 5) is 4.15. The summed E-state index contributed by atoms with van der Waals surface area (Å²) < 4.78 is 37.2. The monoisotopic (exact) mass is 489 g/mol. The van der Waals surface area contributed by atoms with Crippen molar-refractivity contribution >= 4 is 45.5 Å². The number of hydrogen-bond acceptors (Lipinski definition) is 3. The molecule has 8 heteroatoms. The van der Waals surface area contributed by atoms with Crippen LogP contribution in [0.5, 0.6) is 0 Å². The molecule has 0 saturated carbocycles. The van der Waals surface area contributed by atoms with Crippen LogP contribution in [0.2, 0.25) is 0 Å². The lowest BCUT2D eigenvalue weighted by atomic mass is 10.1. The average Bonchev–Trinajstić information content (AvgIpc) is 3.02. The van der Waals surface area contributed by atoms with Gasteiger partial charge in [-0.3, -0.25) is 4.99 Å². The van der Waals surface area contributed by atoms with E-state index in [9.17, 15) is 12.8 Å². The van der Waals surface area contributed by atoms with Gasteiger partial charge in [0.2, 0.25) is 0 Å². The lowest BCUT2D eigenvalue weighted by Crippen LogP contribution is -2.24. The lowest BCUT2D eigenvalue weighted by molar-refractivity contribution is 0.594. The summed E-state index contributed by atoms with van der Waals surface area (Å²) >= 11 is 0. The zero-order valence-corrected chi connectivity index (χ0v) is 17.3. The Kier molecular flexibility index (Phi) is 6.99. The van der Waals surface area contributed by atoms with Crippen molar-refractivity contribution in [2.45, 2.75) is 24.2 Å². The van der Waals surface area contributed by atoms with Crippen molar-refractivity contribution in [1.29, 1.82) is 0 Å². The number of fused-ring (bicyclic) bond motifs is 1. The molecule has 0 fully saturated rings. The molecular weight excluding hydrogens is 468 g/mol. The Labute approximate surface area is 169 Å². The third kappa shape index (κ3) is 5.16. The number of guanidine groups is 1. The molecule has 2 aromatic rings. The first-order valence-electron chi connectivity index (χ1n) is 8.11. The number of benzene rings is 2. The fraction of sp³-hybridized carbons (Fsp3) is 0.278. The number of rotatable bonds is 5. The zero-order valence-electron chi connectivity index (χ0n) is 14.1. The van der Waals surface area contributed by atoms with E-state index in [0.29, 0.717) is 0 Å². The first kappa shape index (κ1) is 20.6. The fourth-order valence-corrected chi connectivity index (χ4v) is 4.00. The summed E-state index contributed by atoms with van der Waals surface area (Å²) in [5.74, 6) is -0.488. The molecule has 1 aliphatic carbocycles. The predicted octanol–water partition coefficient (Wildman–Crippen LogP) is 3.13. The Hall–Kier alpha value is -1.68. The maximum Gasteiger partial charge on any atom is 0.193 e. The molecule has 0 radical (unpaired) electrons. The number of aryl methyl sites for hydroxylation is 2. The molecule has 2 aromatic carbocycles. The van der Waals surface area contributed by atoms with E-state index in [1.54, 1.807) is 0 Å². The molecule has 1 aliphatic rings. The number of aliphatic imine (C=N–C) groups is 1. The van der Waals surface area contributed by atoms with Gasteiger partial charge in [0.15, 0.2) is 15.8 Å². The van der Waals surface area contributed by atoms with Gasteiger partial charge in [0.1, 0.15) is 5.82 Å². The summed E-state index contributed by atoms with van der Waals surface area (Å²) in [6.07, 6.45) is 3.35. The highest BCUT2D eigenvalue weighted by Crippen LogP contribution is 2.24. The zero-order chi connectivity index (χ0) is 17.9. The van der Waals surface area contributed by atoms with Crippen LogP contribution in [0.3, 0.4) is 0 Å². The van der Waals surface area contributed by atoms with E-state index in [1.807, 2.05) is 6.07 Å². The van der Waals surface area contributed by atoms with Crippen LogP contribution in [0.25, 0.3) is 0 Å². The summed E-state index contributed by atoms with van der Waals surface area (Å²) in [5, 5.41) is 2.99. The molecule has 3 rings (SSSR count).